The van der Waals surface area contributed by atoms with Gasteiger partial charge in [-0.15, -0.1) is 0 Å². The van der Waals surface area contributed by atoms with Crippen molar-refractivity contribution < 1.29 is 5.11 Å². The molecule has 0 spiro atoms. The maximum absolute atomic E-state index is 10.6. The molecule has 0 heterocycles. The van der Waals surface area contributed by atoms with Crippen molar-refractivity contribution in [3.63, 3.8) is 0 Å². The second-order valence-electron chi connectivity index (χ2n) is 5.62. The monoisotopic (exact) mass is 269 g/mol. The molecular formula is C18H23NO. The Kier molecular flexibility index (Phi) is 4.58. The Morgan fingerprint density at radius 3 is 2.15 bits per heavy atom. The van der Waals surface area contributed by atoms with Gasteiger partial charge in [-0.2, -0.15) is 0 Å². The van der Waals surface area contributed by atoms with E-state index in [2.05, 4.69) is 32.0 Å². The number of nitrogens with two attached hydrogens (primary N) is 1. The number of aliphatic hydroxyl groups excluding tert-OH is 1. The van der Waals surface area contributed by atoms with E-state index >= 15 is 0 Å². The summed E-state index contributed by atoms with van der Waals surface area (Å²) in [6, 6.07) is 14.2. The van der Waals surface area contributed by atoms with Crippen molar-refractivity contribution in [2.24, 2.45) is 5.73 Å². The van der Waals surface area contributed by atoms with Crippen molar-refractivity contribution >= 4 is 0 Å². The molecule has 2 aromatic carbocycles. The van der Waals surface area contributed by atoms with Crippen LogP contribution in [0.15, 0.2) is 42.5 Å². The minimum atomic E-state index is -0.583. The van der Waals surface area contributed by atoms with Gasteiger partial charge < -0.3 is 10.8 Å². The molecule has 0 aliphatic carbocycles. The van der Waals surface area contributed by atoms with Crippen molar-refractivity contribution in [2.45, 2.75) is 39.3 Å². The number of benzene rings is 2. The van der Waals surface area contributed by atoms with E-state index in [9.17, 15) is 5.11 Å². The molecule has 0 radical (unpaired) electrons. The zero-order valence-corrected chi connectivity index (χ0v) is 12.4. The smallest absolute Gasteiger partial charge is 0.104 e. The standard InChI is InChI=1S/C18H23NO/c1-12(2)16-7-4-13(3)17(10-16)18(20)15-8-5-14(11-19)6-9-15/h4-10,12,18,20H,11,19H2,1-3H3. The fourth-order valence-corrected chi connectivity index (χ4v) is 2.33. The van der Waals surface area contributed by atoms with E-state index in [4.69, 9.17) is 5.73 Å². The average molecular weight is 269 g/mol. The van der Waals surface area contributed by atoms with Gasteiger partial charge in [0, 0.05) is 6.54 Å². The lowest BCUT2D eigenvalue weighted by molar-refractivity contribution is 0.219. The number of aliphatic hydroxyl groups is 1. The highest BCUT2D eigenvalue weighted by Crippen LogP contribution is 2.28. The van der Waals surface area contributed by atoms with Crippen LogP contribution in [0, 0.1) is 6.92 Å². The van der Waals surface area contributed by atoms with Crippen molar-refractivity contribution in [3.8, 4) is 0 Å². The van der Waals surface area contributed by atoms with Crippen LogP contribution in [-0.4, -0.2) is 5.11 Å². The van der Waals surface area contributed by atoms with Crippen LogP contribution in [-0.2, 0) is 6.54 Å². The van der Waals surface area contributed by atoms with Crippen molar-refractivity contribution in [1.29, 1.82) is 0 Å². The maximum Gasteiger partial charge on any atom is 0.104 e. The zero-order valence-electron chi connectivity index (χ0n) is 12.4. The van der Waals surface area contributed by atoms with Crippen LogP contribution in [0.25, 0.3) is 0 Å². The largest absolute Gasteiger partial charge is 0.384 e. The highest BCUT2D eigenvalue weighted by molar-refractivity contribution is 5.39. The van der Waals surface area contributed by atoms with Crippen LogP contribution in [0.1, 0.15) is 53.7 Å². The van der Waals surface area contributed by atoms with Gasteiger partial charge in [0.2, 0.25) is 0 Å². The fraction of sp³-hybridized carbons (Fsp3) is 0.333. The van der Waals surface area contributed by atoms with Crippen LogP contribution in [0.4, 0.5) is 0 Å². The predicted molar refractivity (Wildman–Crippen MR) is 83.7 cm³/mol. The first-order chi connectivity index (χ1) is 9.52. The first-order valence-electron chi connectivity index (χ1n) is 7.10. The maximum atomic E-state index is 10.6. The van der Waals surface area contributed by atoms with Crippen LogP contribution in [0.3, 0.4) is 0 Å². The topological polar surface area (TPSA) is 46.2 Å². The molecule has 2 rings (SSSR count). The number of hydrogen-bond donors (Lipinski definition) is 2. The van der Waals surface area contributed by atoms with Gasteiger partial charge in [0.25, 0.3) is 0 Å². The second-order valence-corrected chi connectivity index (χ2v) is 5.62. The molecule has 2 aromatic rings. The van der Waals surface area contributed by atoms with Gasteiger partial charge in [0.15, 0.2) is 0 Å². The van der Waals surface area contributed by atoms with Gasteiger partial charge in [-0.1, -0.05) is 56.3 Å². The highest BCUT2D eigenvalue weighted by atomic mass is 16.3. The lowest BCUT2D eigenvalue weighted by Gasteiger charge is -2.17. The van der Waals surface area contributed by atoms with Crippen molar-refractivity contribution in [1.82, 2.24) is 0 Å². The molecule has 0 fully saturated rings. The minimum absolute atomic E-state index is 0.459. The van der Waals surface area contributed by atoms with E-state index in [0.717, 1.165) is 22.3 Å². The van der Waals surface area contributed by atoms with Crippen LogP contribution >= 0.6 is 0 Å². The van der Waals surface area contributed by atoms with Gasteiger partial charge in [0.1, 0.15) is 6.10 Å². The summed E-state index contributed by atoms with van der Waals surface area (Å²) in [6.45, 7) is 6.89. The minimum Gasteiger partial charge on any atom is -0.384 e. The third-order valence-corrected chi connectivity index (χ3v) is 3.80. The summed E-state index contributed by atoms with van der Waals surface area (Å²) in [5, 5.41) is 10.6. The summed E-state index contributed by atoms with van der Waals surface area (Å²) in [6.07, 6.45) is -0.583. The quantitative estimate of drug-likeness (QED) is 0.889. The molecule has 0 amide bonds. The Bertz CT molecular complexity index is 572. The van der Waals surface area contributed by atoms with Crippen molar-refractivity contribution in [2.75, 3.05) is 0 Å². The Labute approximate surface area is 121 Å². The van der Waals surface area contributed by atoms with E-state index in [-0.39, 0.29) is 0 Å². The summed E-state index contributed by atoms with van der Waals surface area (Å²) < 4.78 is 0. The van der Waals surface area contributed by atoms with E-state index < -0.39 is 6.10 Å². The molecule has 0 aliphatic heterocycles. The molecule has 0 saturated heterocycles. The molecule has 3 N–H and O–H groups in total. The fourth-order valence-electron chi connectivity index (χ4n) is 2.33. The van der Waals surface area contributed by atoms with Gasteiger partial charge in [-0.3, -0.25) is 0 Å². The van der Waals surface area contributed by atoms with E-state index in [1.54, 1.807) is 0 Å². The predicted octanol–water partition coefficient (Wildman–Crippen LogP) is 3.66. The van der Waals surface area contributed by atoms with Crippen molar-refractivity contribution in [3.05, 3.63) is 70.3 Å². The molecule has 20 heavy (non-hydrogen) atoms. The van der Waals surface area contributed by atoms with Gasteiger partial charge in [-0.25, -0.2) is 0 Å². The zero-order chi connectivity index (χ0) is 14.7. The molecule has 0 bridgehead atoms. The van der Waals surface area contributed by atoms with Gasteiger partial charge >= 0.3 is 0 Å². The van der Waals surface area contributed by atoms with Gasteiger partial charge in [-0.05, 0) is 40.7 Å². The SMILES string of the molecule is Cc1ccc(C(C)C)cc1C(O)c1ccc(CN)cc1. The summed E-state index contributed by atoms with van der Waals surface area (Å²) in [5.41, 5.74) is 10.9. The van der Waals surface area contributed by atoms with E-state index in [0.29, 0.717) is 12.5 Å². The molecule has 1 atom stereocenters. The third kappa shape index (κ3) is 3.09. The van der Waals surface area contributed by atoms with Crippen LogP contribution in [0.5, 0.6) is 0 Å². The molecule has 1 unspecified atom stereocenters. The van der Waals surface area contributed by atoms with Gasteiger partial charge in [0.05, 0.1) is 0 Å². The van der Waals surface area contributed by atoms with E-state index in [1.807, 2.05) is 31.2 Å². The summed E-state index contributed by atoms with van der Waals surface area (Å²) in [7, 11) is 0. The third-order valence-electron chi connectivity index (χ3n) is 3.80. The molecule has 2 heteroatoms. The first kappa shape index (κ1) is 14.8. The number of hydrogen-bond acceptors (Lipinski definition) is 2. The number of aryl methyl sites for hydroxylation is 1. The van der Waals surface area contributed by atoms with Crippen LogP contribution in [0.2, 0.25) is 0 Å². The Hall–Kier alpha value is -1.64. The molecular weight excluding hydrogens is 246 g/mol. The van der Waals surface area contributed by atoms with E-state index in [1.165, 1.54) is 5.56 Å². The highest BCUT2D eigenvalue weighted by Gasteiger charge is 2.14. The summed E-state index contributed by atoms with van der Waals surface area (Å²) >= 11 is 0. The van der Waals surface area contributed by atoms with Crippen LogP contribution < -0.4 is 5.73 Å². The second kappa shape index (κ2) is 6.21. The lowest BCUT2D eigenvalue weighted by Crippen LogP contribution is -2.04. The normalized spacial score (nSPS) is 12.7. The molecule has 106 valence electrons. The summed E-state index contributed by atoms with van der Waals surface area (Å²) in [4.78, 5) is 0. The Morgan fingerprint density at radius 1 is 1.00 bits per heavy atom. The molecule has 0 aliphatic rings. The molecule has 0 saturated carbocycles. The first-order valence-corrected chi connectivity index (χ1v) is 7.10. The molecule has 0 aromatic heterocycles. The Morgan fingerprint density at radius 2 is 1.60 bits per heavy atom. The number of rotatable bonds is 4. The Balaban J connectivity index is 2.36. The molecule has 2 nitrogen and oxygen atoms in total. The summed E-state index contributed by atoms with van der Waals surface area (Å²) in [5.74, 6) is 0.459. The lowest BCUT2D eigenvalue weighted by atomic mass is 9.92. The average Bonchev–Trinajstić information content (AvgIpc) is 2.47.